The molecule has 0 aliphatic rings. The fourth-order valence-electron chi connectivity index (χ4n) is 4.30. The van der Waals surface area contributed by atoms with E-state index in [1.165, 1.54) is 30.0 Å². The van der Waals surface area contributed by atoms with Gasteiger partial charge in [0.25, 0.3) is 5.56 Å². The van der Waals surface area contributed by atoms with E-state index in [4.69, 9.17) is 14.2 Å². The molecule has 0 spiro atoms. The van der Waals surface area contributed by atoms with E-state index < -0.39 is 5.82 Å². The molecule has 1 unspecified atom stereocenters. The molecule has 0 saturated heterocycles. The Labute approximate surface area is 224 Å². The standard InChI is InChI=1S/C30H27FN4O4/c1-18(19-8-6-5-7-9-19)34-30-33-17-22(29(36)35(30)2)20-10-11-26(23(31)14-20)39-25-12-13-32-24-16-28(38-4)27(37-3)15-21(24)25/h5-18H,1-4H3,(H,33,34). The maximum absolute atomic E-state index is 15.2. The number of pyridine rings is 1. The molecule has 5 aromatic rings. The van der Waals surface area contributed by atoms with Gasteiger partial charge in [0.15, 0.2) is 23.1 Å². The number of nitrogens with zero attached hydrogens (tertiary/aromatic N) is 3. The van der Waals surface area contributed by atoms with Crippen LogP contribution in [-0.2, 0) is 7.05 Å². The first kappa shape index (κ1) is 25.7. The number of aromatic nitrogens is 3. The van der Waals surface area contributed by atoms with E-state index in [9.17, 15) is 4.79 Å². The first-order valence-electron chi connectivity index (χ1n) is 12.3. The third-order valence-corrected chi connectivity index (χ3v) is 6.48. The number of ether oxygens (including phenoxy) is 3. The minimum absolute atomic E-state index is 0.000732. The number of hydrogen-bond acceptors (Lipinski definition) is 7. The number of fused-ring (bicyclic) bond motifs is 1. The van der Waals surface area contributed by atoms with Crippen LogP contribution in [0.25, 0.3) is 22.0 Å². The van der Waals surface area contributed by atoms with Crippen molar-refractivity contribution in [2.75, 3.05) is 19.5 Å². The number of benzene rings is 3. The maximum Gasteiger partial charge on any atom is 0.262 e. The Kier molecular flexibility index (Phi) is 7.14. The summed E-state index contributed by atoms with van der Waals surface area (Å²) >= 11 is 0. The number of methoxy groups -OCH3 is 2. The molecule has 39 heavy (non-hydrogen) atoms. The van der Waals surface area contributed by atoms with E-state index in [2.05, 4.69) is 15.3 Å². The van der Waals surface area contributed by atoms with Crippen molar-refractivity contribution in [2.45, 2.75) is 13.0 Å². The Morgan fingerprint density at radius 2 is 1.64 bits per heavy atom. The Morgan fingerprint density at radius 1 is 0.897 bits per heavy atom. The monoisotopic (exact) mass is 526 g/mol. The minimum atomic E-state index is -0.625. The summed E-state index contributed by atoms with van der Waals surface area (Å²) in [5.41, 5.74) is 2.02. The van der Waals surface area contributed by atoms with E-state index in [-0.39, 0.29) is 22.9 Å². The second kappa shape index (κ2) is 10.8. The lowest BCUT2D eigenvalue weighted by Gasteiger charge is -2.17. The smallest absolute Gasteiger partial charge is 0.262 e. The van der Waals surface area contributed by atoms with Crippen LogP contribution in [0.5, 0.6) is 23.0 Å². The summed E-state index contributed by atoms with van der Waals surface area (Å²) < 4.78 is 33.3. The van der Waals surface area contributed by atoms with Crippen molar-refractivity contribution in [3.63, 3.8) is 0 Å². The molecule has 0 radical (unpaired) electrons. The molecule has 5 rings (SSSR count). The molecule has 3 aromatic carbocycles. The number of rotatable bonds is 8. The van der Waals surface area contributed by atoms with Crippen molar-refractivity contribution in [3.8, 4) is 34.1 Å². The fraction of sp³-hybridized carbons (Fsp3) is 0.167. The van der Waals surface area contributed by atoms with E-state index >= 15 is 4.39 Å². The quantitative estimate of drug-likeness (QED) is 0.261. The van der Waals surface area contributed by atoms with Crippen LogP contribution < -0.4 is 25.1 Å². The van der Waals surface area contributed by atoms with Gasteiger partial charge < -0.3 is 19.5 Å². The number of hydrogen-bond donors (Lipinski definition) is 1. The van der Waals surface area contributed by atoms with Gasteiger partial charge in [-0.3, -0.25) is 14.3 Å². The fourth-order valence-corrected chi connectivity index (χ4v) is 4.30. The molecule has 198 valence electrons. The molecular formula is C30H27FN4O4. The van der Waals surface area contributed by atoms with Crippen LogP contribution in [0.4, 0.5) is 10.3 Å². The second-order valence-corrected chi connectivity index (χ2v) is 8.92. The van der Waals surface area contributed by atoms with Crippen molar-refractivity contribution >= 4 is 16.9 Å². The van der Waals surface area contributed by atoms with Gasteiger partial charge >= 0.3 is 0 Å². The molecule has 0 amide bonds. The van der Waals surface area contributed by atoms with Crippen LogP contribution in [-0.4, -0.2) is 28.8 Å². The molecule has 0 bridgehead atoms. The van der Waals surface area contributed by atoms with Crippen LogP contribution >= 0.6 is 0 Å². The van der Waals surface area contributed by atoms with Gasteiger partial charge in [0.2, 0.25) is 5.95 Å². The highest BCUT2D eigenvalue weighted by atomic mass is 19.1. The van der Waals surface area contributed by atoms with Gasteiger partial charge in [0.05, 0.1) is 31.3 Å². The van der Waals surface area contributed by atoms with Crippen molar-refractivity contribution in [3.05, 3.63) is 101 Å². The maximum atomic E-state index is 15.2. The zero-order valence-electron chi connectivity index (χ0n) is 21.9. The van der Waals surface area contributed by atoms with Crippen LogP contribution in [0.1, 0.15) is 18.5 Å². The molecule has 0 fully saturated rings. The van der Waals surface area contributed by atoms with Gasteiger partial charge in [0.1, 0.15) is 5.75 Å². The lowest BCUT2D eigenvalue weighted by Crippen LogP contribution is -2.24. The number of halogens is 1. The average molecular weight is 527 g/mol. The first-order valence-corrected chi connectivity index (χ1v) is 12.3. The van der Waals surface area contributed by atoms with Gasteiger partial charge in [-0.15, -0.1) is 0 Å². The molecule has 1 atom stereocenters. The SMILES string of the molecule is COc1cc2nccc(Oc3ccc(-c4cnc(NC(C)c5ccccc5)n(C)c4=O)cc3F)c2cc1OC. The van der Waals surface area contributed by atoms with Gasteiger partial charge in [-0.1, -0.05) is 36.4 Å². The van der Waals surface area contributed by atoms with Crippen LogP contribution in [0, 0.1) is 5.82 Å². The summed E-state index contributed by atoms with van der Waals surface area (Å²) in [6, 6.07) is 19.3. The minimum Gasteiger partial charge on any atom is -0.493 e. The third-order valence-electron chi connectivity index (χ3n) is 6.48. The van der Waals surface area contributed by atoms with E-state index in [1.54, 1.807) is 44.6 Å². The summed E-state index contributed by atoms with van der Waals surface area (Å²) in [4.78, 5) is 21.9. The van der Waals surface area contributed by atoms with Crippen molar-refractivity contribution in [1.29, 1.82) is 0 Å². The molecule has 2 heterocycles. The predicted molar refractivity (Wildman–Crippen MR) is 148 cm³/mol. The molecule has 8 nitrogen and oxygen atoms in total. The highest BCUT2D eigenvalue weighted by Gasteiger charge is 2.16. The van der Waals surface area contributed by atoms with Crippen molar-refractivity contribution in [2.24, 2.45) is 7.05 Å². The molecule has 0 aliphatic carbocycles. The normalized spacial score (nSPS) is 11.7. The molecule has 0 aliphatic heterocycles. The van der Waals surface area contributed by atoms with Crippen molar-refractivity contribution in [1.82, 2.24) is 14.5 Å². The van der Waals surface area contributed by atoms with E-state index in [0.717, 1.165) is 5.56 Å². The highest BCUT2D eigenvalue weighted by molar-refractivity contribution is 5.88. The number of nitrogens with one attached hydrogen (secondary N) is 1. The summed E-state index contributed by atoms with van der Waals surface area (Å²) in [6.45, 7) is 1.99. The molecule has 2 aromatic heterocycles. The van der Waals surface area contributed by atoms with Crippen LogP contribution in [0.2, 0.25) is 0 Å². The lowest BCUT2D eigenvalue weighted by molar-refractivity contribution is 0.355. The Hall–Kier alpha value is -4.92. The molecule has 1 N–H and O–H groups in total. The highest BCUT2D eigenvalue weighted by Crippen LogP contribution is 2.37. The topological polar surface area (TPSA) is 87.5 Å². The summed E-state index contributed by atoms with van der Waals surface area (Å²) in [7, 11) is 4.70. The molecular weight excluding hydrogens is 499 g/mol. The summed E-state index contributed by atoms with van der Waals surface area (Å²) in [5.74, 6) is 1.21. The summed E-state index contributed by atoms with van der Waals surface area (Å²) in [6.07, 6.45) is 3.02. The van der Waals surface area contributed by atoms with Gasteiger partial charge in [-0.2, -0.15) is 0 Å². The third kappa shape index (κ3) is 5.11. The first-order chi connectivity index (χ1) is 18.9. The van der Waals surface area contributed by atoms with Gasteiger partial charge in [-0.05, 0) is 42.3 Å². The van der Waals surface area contributed by atoms with Gasteiger partial charge in [-0.25, -0.2) is 9.37 Å². The molecule has 0 saturated carbocycles. The van der Waals surface area contributed by atoms with Crippen LogP contribution in [0.15, 0.2) is 83.9 Å². The van der Waals surface area contributed by atoms with E-state index in [0.29, 0.717) is 39.7 Å². The summed E-state index contributed by atoms with van der Waals surface area (Å²) in [5, 5.41) is 3.89. The average Bonchev–Trinajstić information content (AvgIpc) is 2.96. The Balaban J connectivity index is 1.42. The van der Waals surface area contributed by atoms with Gasteiger partial charge in [0, 0.05) is 30.9 Å². The number of anilines is 1. The van der Waals surface area contributed by atoms with Crippen molar-refractivity contribution < 1.29 is 18.6 Å². The van der Waals surface area contributed by atoms with Crippen LogP contribution in [0.3, 0.4) is 0 Å². The molecule has 9 heteroatoms. The Bertz CT molecular complexity index is 1710. The second-order valence-electron chi connectivity index (χ2n) is 8.92. The Morgan fingerprint density at radius 3 is 2.36 bits per heavy atom. The lowest BCUT2D eigenvalue weighted by atomic mass is 10.1. The van der Waals surface area contributed by atoms with E-state index in [1.807, 2.05) is 37.3 Å². The zero-order valence-corrected chi connectivity index (χ0v) is 21.9. The largest absolute Gasteiger partial charge is 0.493 e. The zero-order chi connectivity index (χ0) is 27.5. The predicted octanol–water partition coefficient (Wildman–Crippen LogP) is 6.12.